The number of carbonyl (C=O) groups excluding carboxylic acids is 1. The van der Waals surface area contributed by atoms with Crippen LogP contribution in [0.2, 0.25) is 0 Å². The number of fused-ring (bicyclic) bond motifs is 1. The fourth-order valence-electron chi connectivity index (χ4n) is 5.60. The highest BCUT2D eigenvalue weighted by molar-refractivity contribution is 6.44. The monoisotopic (exact) mass is 612 g/mol. The molecule has 232 valence electrons. The van der Waals surface area contributed by atoms with Crippen LogP contribution in [0.1, 0.15) is 31.7 Å². The number of aromatic nitrogens is 2. The van der Waals surface area contributed by atoms with E-state index >= 15 is 0 Å². The maximum atomic E-state index is 12.9. The summed E-state index contributed by atoms with van der Waals surface area (Å²) in [6, 6.07) is 16.0. The molecule has 1 amide bonds. The molecule has 2 aromatic carbocycles. The summed E-state index contributed by atoms with van der Waals surface area (Å²) in [5.41, 5.74) is 7.56. The third kappa shape index (κ3) is 6.44. The van der Waals surface area contributed by atoms with Crippen molar-refractivity contribution in [3.05, 3.63) is 86.3 Å². The van der Waals surface area contributed by atoms with Gasteiger partial charge in [-0.1, -0.05) is 54.6 Å². The lowest BCUT2D eigenvalue weighted by Crippen LogP contribution is -2.54. The summed E-state index contributed by atoms with van der Waals surface area (Å²) in [5.74, 6) is -0.542. The van der Waals surface area contributed by atoms with Crippen molar-refractivity contribution in [3.8, 4) is 22.9 Å². The Morgan fingerprint density at radius 1 is 1.20 bits per heavy atom. The van der Waals surface area contributed by atoms with Crippen molar-refractivity contribution in [2.45, 2.75) is 57.3 Å². The first kappa shape index (κ1) is 31.4. The van der Waals surface area contributed by atoms with Crippen molar-refractivity contribution in [2.75, 3.05) is 6.61 Å². The second-order valence-corrected chi connectivity index (χ2v) is 10.9. The zero-order chi connectivity index (χ0) is 32.1. The predicted molar refractivity (Wildman–Crippen MR) is 164 cm³/mol. The Morgan fingerprint density at radius 2 is 1.98 bits per heavy atom. The number of aliphatic imine (C=N–C) groups is 1. The highest BCUT2D eigenvalue weighted by Crippen LogP contribution is 2.34. The Hall–Kier alpha value is -5.03. The van der Waals surface area contributed by atoms with Gasteiger partial charge in [0.05, 0.1) is 53.5 Å². The van der Waals surface area contributed by atoms with Crippen LogP contribution in [0.15, 0.2) is 69.8 Å². The fraction of sp³-hybridized carbons (Fsp3) is 0.344. The van der Waals surface area contributed by atoms with Gasteiger partial charge in [0.25, 0.3) is 5.56 Å². The zero-order valence-electron chi connectivity index (χ0n) is 24.4. The number of nitrogens with zero attached hydrogens (tertiary/aromatic N) is 4. The number of hydrogen-bond acceptors (Lipinski definition) is 11. The van der Waals surface area contributed by atoms with Crippen LogP contribution < -0.4 is 26.6 Å². The molecule has 0 spiro atoms. The number of primary amides is 1. The van der Waals surface area contributed by atoms with Crippen LogP contribution in [0.5, 0.6) is 5.75 Å². The standard InChI is InChI=1S/C32H32N6O7/c1-17-29(40)28(38-43)32(42)45-30(17)25-26(21(14-33)24-27(25)36-16-37-31(24)41)35-15-18-10-11-20(19-7-3-2-4-8-19)22(13-18)44-12-6-5-9-23(34)39/h2-4,7-8,10-11,13,16-17,28-30,32,40,42H,5-6,9,12,15H2,1H3,(H2,34,39)(H,36,37,41)/t17?,28-,29+,30?,32?/m0/s1. The number of hydrogen-bond donors (Lipinski definition) is 4. The third-order valence-corrected chi connectivity index (χ3v) is 7.94. The van der Waals surface area contributed by atoms with Gasteiger partial charge in [0.2, 0.25) is 5.91 Å². The molecule has 1 aliphatic heterocycles. The number of nitriles is 1. The molecule has 13 heteroatoms. The minimum atomic E-state index is -1.72. The number of nitroso groups, excluding NO2 is 1. The van der Waals surface area contributed by atoms with Crippen molar-refractivity contribution in [3.63, 3.8) is 0 Å². The molecule has 1 aliphatic carbocycles. The van der Waals surface area contributed by atoms with E-state index in [0.717, 1.165) is 16.7 Å². The van der Waals surface area contributed by atoms with Gasteiger partial charge in [-0.05, 0) is 30.0 Å². The van der Waals surface area contributed by atoms with Crippen LogP contribution >= 0.6 is 0 Å². The van der Waals surface area contributed by atoms with E-state index in [1.54, 1.807) is 6.92 Å². The Bertz CT molecular complexity index is 1850. The van der Waals surface area contributed by atoms with Crippen molar-refractivity contribution in [2.24, 2.45) is 21.8 Å². The molecular formula is C32H32N6O7. The molecule has 1 saturated heterocycles. The first-order valence-corrected chi connectivity index (χ1v) is 14.5. The maximum Gasteiger partial charge on any atom is 0.260 e. The number of rotatable bonds is 11. The van der Waals surface area contributed by atoms with E-state index in [1.807, 2.05) is 48.5 Å². The summed E-state index contributed by atoms with van der Waals surface area (Å²) < 4.78 is 11.9. The van der Waals surface area contributed by atoms with Gasteiger partial charge in [-0.25, -0.2) is 4.98 Å². The topological polar surface area (TPSA) is 213 Å². The van der Waals surface area contributed by atoms with Crippen LogP contribution in [0, 0.1) is 22.2 Å². The maximum absolute atomic E-state index is 12.9. The Balaban J connectivity index is 1.53. The number of nitrogens with two attached hydrogens (primary N) is 1. The molecule has 45 heavy (non-hydrogen) atoms. The SMILES string of the molecule is CC1C(C2=c3nc[nH]c(=O)c3=C(C#N)C2=NCc2ccc(-c3ccccc3)c(OCCCCC(N)=O)c2)OC(O)[C@@H](N=O)[C@@H]1O. The third-order valence-electron chi connectivity index (χ3n) is 7.94. The number of amides is 1. The average molecular weight is 613 g/mol. The van der Waals surface area contributed by atoms with Crippen molar-refractivity contribution in [1.82, 2.24) is 9.97 Å². The van der Waals surface area contributed by atoms with E-state index in [0.29, 0.717) is 25.2 Å². The first-order valence-electron chi connectivity index (χ1n) is 14.5. The minimum Gasteiger partial charge on any atom is -0.493 e. The lowest BCUT2D eigenvalue weighted by atomic mass is 9.84. The highest BCUT2D eigenvalue weighted by Gasteiger charge is 2.47. The van der Waals surface area contributed by atoms with Gasteiger partial charge in [-0.15, -0.1) is 0 Å². The first-order chi connectivity index (χ1) is 21.7. The van der Waals surface area contributed by atoms with E-state index < -0.39 is 36.0 Å². The molecule has 5 rings (SSSR count). The lowest BCUT2D eigenvalue weighted by Gasteiger charge is -2.39. The van der Waals surface area contributed by atoms with Crippen LogP contribution in [0.3, 0.4) is 0 Å². The fourth-order valence-corrected chi connectivity index (χ4v) is 5.60. The second kappa shape index (κ2) is 13.7. The normalized spacial score (nSPS) is 23.4. The number of benzene rings is 2. The average Bonchev–Trinajstić information content (AvgIpc) is 3.36. The summed E-state index contributed by atoms with van der Waals surface area (Å²) in [4.78, 5) is 46.8. The molecule has 0 radical (unpaired) electrons. The molecule has 2 aliphatic rings. The van der Waals surface area contributed by atoms with E-state index in [4.69, 9.17) is 20.2 Å². The molecule has 1 fully saturated rings. The van der Waals surface area contributed by atoms with Gasteiger partial charge >= 0.3 is 0 Å². The van der Waals surface area contributed by atoms with Gasteiger partial charge in [0.15, 0.2) is 12.3 Å². The number of carbonyl (C=O) groups is 1. The van der Waals surface area contributed by atoms with Gasteiger partial charge in [0, 0.05) is 23.5 Å². The Kier molecular flexibility index (Phi) is 9.58. The number of aliphatic hydroxyl groups excluding tert-OH is 2. The molecular weight excluding hydrogens is 580 g/mol. The van der Waals surface area contributed by atoms with Crippen LogP contribution in [-0.2, 0) is 16.1 Å². The lowest BCUT2D eigenvalue weighted by molar-refractivity contribution is -0.204. The van der Waals surface area contributed by atoms with E-state index in [-0.39, 0.29) is 46.3 Å². The molecule has 0 bridgehead atoms. The van der Waals surface area contributed by atoms with Crippen LogP contribution in [0.4, 0.5) is 0 Å². The van der Waals surface area contributed by atoms with Gasteiger partial charge < -0.3 is 30.4 Å². The molecule has 1 aromatic heterocycles. The Morgan fingerprint density at radius 3 is 2.69 bits per heavy atom. The molecule has 2 heterocycles. The van der Waals surface area contributed by atoms with Crippen LogP contribution in [0.25, 0.3) is 22.3 Å². The minimum absolute atomic E-state index is 0.00331. The Labute approximate surface area is 257 Å². The second-order valence-electron chi connectivity index (χ2n) is 10.9. The quantitative estimate of drug-likeness (QED) is 0.178. The van der Waals surface area contributed by atoms with Crippen molar-refractivity contribution < 1.29 is 24.5 Å². The molecule has 0 saturated carbocycles. The van der Waals surface area contributed by atoms with Crippen LogP contribution in [-0.4, -0.2) is 62.9 Å². The molecule has 5 N–H and O–H groups in total. The zero-order valence-corrected chi connectivity index (χ0v) is 24.4. The highest BCUT2D eigenvalue weighted by atomic mass is 16.6. The van der Waals surface area contributed by atoms with E-state index in [9.17, 15) is 30.0 Å². The summed E-state index contributed by atoms with van der Waals surface area (Å²) in [6.45, 7) is 2.03. The summed E-state index contributed by atoms with van der Waals surface area (Å²) in [7, 11) is 0. The number of nitrogens with one attached hydrogen (secondary N) is 1. The van der Waals surface area contributed by atoms with E-state index in [1.165, 1.54) is 6.33 Å². The molecule has 13 nitrogen and oxygen atoms in total. The van der Waals surface area contributed by atoms with Crippen molar-refractivity contribution in [1.29, 1.82) is 5.26 Å². The molecule has 3 unspecified atom stereocenters. The largest absolute Gasteiger partial charge is 0.493 e. The summed E-state index contributed by atoms with van der Waals surface area (Å²) >= 11 is 0. The molecule has 3 aromatic rings. The summed E-state index contributed by atoms with van der Waals surface area (Å²) in [6.07, 6.45) is -1.48. The van der Waals surface area contributed by atoms with Crippen molar-refractivity contribution >= 4 is 22.8 Å². The van der Waals surface area contributed by atoms with E-state index in [2.05, 4.69) is 21.2 Å². The number of unbranched alkanes of at least 4 members (excludes halogenated alkanes) is 1. The number of aliphatic hydroxyl groups is 2. The smallest absolute Gasteiger partial charge is 0.260 e. The number of H-pyrrole nitrogens is 1. The predicted octanol–water partition coefficient (Wildman–Crippen LogP) is 0.800. The van der Waals surface area contributed by atoms with Gasteiger partial charge in [0.1, 0.15) is 11.8 Å². The van der Waals surface area contributed by atoms with Gasteiger partial charge in [-0.2, -0.15) is 10.2 Å². The number of ether oxygens (including phenoxy) is 2. The summed E-state index contributed by atoms with van der Waals surface area (Å²) in [5, 5.41) is 34.3. The number of aromatic amines is 1. The molecule has 5 atom stereocenters. The van der Waals surface area contributed by atoms with Gasteiger partial charge in [-0.3, -0.25) is 14.6 Å².